The summed E-state index contributed by atoms with van der Waals surface area (Å²) in [5.41, 5.74) is 0. The van der Waals surface area contributed by atoms with E-state index in [0.717, 1.165) is 0 Å². The van der Waals surface area contributed by atoms with Gasteiger partial charge in [0.25, 0.3) is 0 Å². The van der Waals surface area contributed by atoms with Gasteiger partial charge < -0.3 is 10.00 Å². The molecule has 6 heteroatoms. The largest absolute Gasteiger partial charge is 0.481 e. The van der Waals surface area contributed by atoms with Gasteiger partial charge in [-0.3, -0.25) is 4.79 Å². The van der Waals surface area contributed by atoms with Crippen LogP contribution in [-0.2, 0) is 9.36 Å². The first-order valence-corrected chi connectivity index (χ1v) is 3.65. The van der Waals surface area contributed by atoms with Gasteiger partial charge in [0.15, 0.2) is 0 Å². The SMILES string of the molecule is O=C(O)CCP.O=PO. The third kappa shape index (κ3) is 32.3. The van der Waals surface area contributed by atoms with Crippen LogP contribution < -0.4 is 0 Å². The van der Waals surface area contributed by atoms with Gasteiger partial charge in [0.2, 0.25) is 0 Å². The second-order valence-electron chi connectivity index (χ2n) is 1.01. The average Bonchev–Trinajstić information content (AvgIpc) is 1.67. The quantitative estimate of drug-likeness (QED) is 0.592. The summed E-state index contributed by atoms with van der Waals surface area (Å²) in [5, 5.41) is 7.90. The molecule has 1 unspecified atom stereocenters. The van der Waals surface area contributed by atoms with Crippen LogP contribution in [0.1, 0.15) is 6.42 Å². The highest BCUT2D eigenvalue weighted by atomic mass is 31.1. The maximum absolute atomic E-state index is 9.59. The number of hydrogen-bond donors (Lipinski definition) is 2. The summed E-state index contributed by atoms with van der Waals surface area (Å²) in [5.74, 6) is -0.731. The molecule has 0 aromatic carbocycles. The number of aliphatic carboxylic acids is 1. The standard InChI is InChI=1S/C3H7O2P.HO2P/c4-3(5)1-2-6;1-3-2/h1-2,6H2,(H,4,5);(H,1,2). The molecule has 0 aliphatic rings. The van der Waals surface area contributed by atoms with Crippen molar-refractivity contribution in [2.45, 2.75) is 6.42 Å². The molecule has 0 bridgehead atoms. The summed E-state index contributed by atoms with van der Waals surface area (Å²) in [6.45, 7) is 0. The summed E-state index contributed by atoms with van der Waals surface area (Å²) in [6, 6.07) is 0. The van der Waals surface area contributed by atoms with Crippen molar-refractivity contribution < 1.29 is 19.4 Å². The highest BCUT2D eigenvalue weighted by molar-refractivity contribution is 7.16. The molecule has 54 valence electrons. The highest BCUT2D eigenvalue weighted by Gasteiger charge is 1.87. The zero-order valence-corrected chi connectivity index (χ0v) is 6.70. The molecule has 0 rings (SSSR count). The number of carboxylic acids is 1. The molecular formula is C3H8O4P2. The lowest BCUT2D eigenvalue weighted by molar-refractivity contribution is -0.136. The summed E-state index contributed by atoms with van der Waals surface area (Å²) in [7, 11) is 1.51. The van der Waals surface area contributed by atoms with Crippen molar-refractivity contribution in [3.63, 3.8) is 0 Å². The van der Waals surface area contributed by atoms with Crippen LogP contribution in [0.2, 0.25) is 0 Å². The van der Waals surface area contributed by atoms with Gasteiger partial charge in [0.05, 0.1) is 0 Å². The van der Waals surface area contributed by atoms with E-state index in [0.29, 0.717) is 6.16 Å². The van der Waals surface area contributed by atoms with Gasteiger partial charge in [0.1, 0.15) is 0 Å². The van der Waals surface area contributed by atoms with Crippen molar-refractivity contribution in [1.82, 2.24) is 0 Å². The van der Waals surface area contributed by atoms with Gasteiger partial charge in [-0.15, -0.1) is 9.24 Å². The molecule has 0 saturated heterocycles. The molecule has 0 aliphatic heterocycles. The molecule has 0 saturated carbocycles. The first-order chi connectivity index (χ1) is 4.18. The lowest BCUT2D eigenvalue weighted by Crippen LogP contribution is -1.92. The van der Waals surface area contributed by atoms with Crippen LogP contribution >= 0.6 is 17.9 Å². The third-order valence-electron chi connectivity index (χ3n) is 0.358. The molecule has 2 N–H and O–H groups in total. The van der Waals surface area contributed by atoms with Crippen LogP contribution in [0.25, 0.3) is 0 Å². The van der Waals surface area contributed by atoms with Gasteiger partial charge in [-0.05, 0) is 6.16 Å². The summed E-state index contributed by atoms with van der Waals surface area (Å²) in [6.07, 6.45) is 0.903. The number of hydrogen-bond acceptors (Lipinski definition) is 2. The molecule has 1 atom stereocenters. The van der Waals surface area contributed by atoms with E-state index in [2.05, 4.69) is 9.24 Å². The molecule has 4 nitrogen and oxygen atoms in total. The van der Waals surface area contributed by atoms with E-state index < -0.39 is 14.7 Å². The van der Waals surface area contributed by atoms with Crippen molar-refractivity contribution in [3.8, 4) is 0 Å². The van der Waals surface area contributed by atoms with Crippen LogP contribution in [0.3, 0.4) is 0 Å². The molecular weight excluding hydrogens is 162 g/mol. The fraction of sp³-hybridized carbons (Fsp3) is 0.667. The van der Waals surface area contributed by atoms with Gasteiger partial charge in [0, 0.05) is 6.42 Å². The second kappa shape index (κ2) is 10.9. The smallest absolute Gasteiger partial charge is 0.324 e. The summed E-state index contributed by atoms with van der Waals surface area (Å²) in [4.78, 5) is 16.6. The van der Waals surface area contributed by atoms with E-state index in [-0.39, 0.29) is 6.42 Å². The Kier molecular flexibility index (Phi) is 14.1. The second-order valence-corrected chi connectivity index (χ2v) is 1.75. The van der Waals surface area contributed by atoms with Gasteiger partial charge in [-0.1, -0.05) is 0 Å². The Bertz CT molecular complexity index is 83.9. The number of carboxylic acid groups (broad SMARTS) is 1. The predicted molar refractivity (Wildman–Crippen MR) is 36.7 cm³/mol. The Labute approximate surface area is 56.8 Å². The maximum atomic E-state index is 9.59. The molecule has 0 aliphatic carbocycles. The Morgan fingerprint density at radius 2 is 2.00 bits per heavy atom. The molecule has 0 radical (unpaired) electrons. The van der Waals surface area contributed by atoms with Crippen molar-refractivity contribution in [1.29, 1.82) is 0 Å². The normalized spacial score (nSPS) is 7.78. The molecule has 0 aromatic rings. The maximum Gasteiger partial charge on any atom is 0.324 e. The summed E-state index contributed by atoms with van der Waals surface area (Å²) < 4.78 is 8.46. The zero-order valence-electron chi connectivity index (χ0n) is 4.65. The predicted octanol–water partition coefficient (Wildman–Crippen LogP) is 0.522. The fourth-order valence-corrected chi connectivity index (χ4v) is 0.370. The Balaban J connectivity index is 0. The minimum absolute atomic E-state index is 0.255. The van der Waals surface area contributed by atoms with Crippen molar-refractivity contribution in [2.75, 3.05) is 6.16 Å². The fourth-order valence-electron chi connectivity index (χ4n) is 0.123. The molecule has 0 aromatic heterocycles. The molecule has 0 amide bonds. The summed E-state index contributed by atoms with van der Waals surface area (Å²) >= 11 is 0. The van der Waals surface area contributed by atoms with E-state index in [1.165, 1.54) is 0 Å². The van der Waals surface area contributed by atoms with Crippen LogP contribution in [0.4, 0.5) is 0 Å². The monoisotopic (exact) mass is 170 g/mol. The average molecular weight is 170 g/mol. The molecule has 9 heavy (non-hydrogen) atoms. The number of rotatable bonds is 2. The zero-order chi connectivity index (χ0) is 7.70. The Morgan fingerprint density at radius 1 is 1.67 bits per heavy atom. The van der Waals surface area contributed by atoms with E-state index in [1.807, 2.05) is 0 Å². The van der Waals surface area contributed by atoms with Gasteiger partial charge >= 0.3 is 14.7 Å². The van der Waals surface area contributed by atoms with Crippen LogP contribution in [0.5, 0.6) is 0 Å². The van der Waals surface area contributed by atoms with E-state index in [4.69, 9.17) is 14.6 Å². The minimum atomic E-state index is -0.833. The molecule has 0 spiro atoms. The Morgan fingerprint density at radius 3 is 2.00 bits per heavy atom. The first-order valence-electron chi connectivity index (χ1n) is 2.07. The number of carbonyl (C=O) groups is 1. The van der Waals surface area contributed by atoms with Crippen molar-refractivity contribution in [3.05, 3.63) is 0 Å². The van der Waals surface area contributed by atoms with E-state index >= 15 is 0 Å². The molecule has 0 heterocycles. The van der Waals surface area contributed by atoms with Crippen molar-refractivity contribution >= 4 is 23.9 Å². The topological polar surface area (TPSA) is 74.6 Å². The first kappa shape index (κ1) is 11.7. The third-order valence-corrected chi connectivity index (χ3v) is 0.647. The van der Waals surface area contributed by atoms with E-state index in [1.54, 1.807) is 0 Å². The van der Waals surface area contributed by atoms with Crippen LogP contribution in [0, 0.1) is 0 Å². The van der Waals surface area contributed by atoms with Crippen LogP contribution in [-0.4, -0.2) is 22.1 Å². The Hall–Kier alpha value is -0.0400. The van der Waals surface area contributed by atoms with Gasteiger partial charge in [-0.2, -0.15) is 0 Å². The highest BCUT2D eigenvalue weighted by Crippen LogP contribution is 1.84. The minimum Gasteiger partial charge on any atom is -0.481 e. The molecule has 0 fully saturated rings. The lowest BCUT2D eigenvalue weighted by atomic mass is 10.5. The lowest BCUT2D eigenvalue weighted by Gasteiger charge is -1.79. The van der Waals surface area contributed by atoms with Crippen molar-refractivity contribution in [2.24, 2.45) is 0 Å². The van der Waals surface area contributed by atoms with E-state index in [9.17, 15) is 4.79 Å². The van der Waals surface area contributed by atoms with Crippen LogP contribution in [0.15, 0.2) is 0 Å². The van der Waals surface area contributed by atoms with Gasteiger partial charge in [-0.25, -0.2) is 4.57 Å².